The molecule has 0 aliphatic carbocycles. The van der Waals surface area contributed by atoms with Gasteiger partial charge in [-0.3, -0.25) is 0 Å². The quantitative estimate of drug-likeness (QED) is 0.538. The van der Waals surface area contributed by atoms with Crippen molar-refractivity contribution >= 4 is 23.2 Å². The number of rotatable bonds is 6. The monoisotopic (exact) mass is 231 g/mol. The van der Waals surface area contributed by atoms with Crippen LogP contribution >= 0.6 is 12.2 Å². The van der Waals surface area contributed by atoms with Crippen LogP contribution in [-0.2, 0) is 0 Å². The van der Waals surface area contributed by atoms with Crippen molar-refractivity contribution in [1.29, 1.82) is 0 Å². The van der Waals surface area contributed by atoms with Crippen LogP contribution in [0.4, 0.5) is 4.79 Å². The van der Waals surface area contributed by atoms with Crippen molar-refractivity contribution in [3.63, 3.8) is 0 Å². The van der Waals surface area contributed by atoms with Crippen LogP contribution in [-0.4, -0.2) is 35.6 Å². The number of nitrogens with two attached hydrogens (primary N) is 1. The first-order valence-electron chi connectivity index (χ1n) is 5.28. The predicted molar refractivity (Wildman–Crippen MR) is 66.9 cm³/mol. The standard InChI is InChI=1S/C10H21N3OS/c1-4-5-6-12-10(14)13(3)8(2)7-9(11)15/h8H,4-7H2,1-3H3,(H2,11,15)(H,12,14). The predicted octanol–water partition coefficient (Wildman–Crippen LogP) is 1.49. The highest BCUT2D eigenvalue weighted by atomic mass is 32.1. The molecule has 88 valence electrons. The van der Waals surface area contributed by atoms with Crippen LogP contribution in [0.15, 0.2) is 0 Å². The molecule has 1 atom stereocenters. The maximum atomic E-state index is 11.6. The molecule has 0 aliphatic rings. The van der Waals surface area contributed by atoms with Crippen LogP contribution in [0.5, 0.6) is 0 Å². The Kier molecular flexibility index (Phi) is 7.03. The lowest BCUT2D eigenvalue weighted by molar-refractivity contribution is 0.195. The van der Waals surface area contributed by atoms with Gasteiger partial charge in [-0.25, -0.2) is 4.79 Å². The highest BCUT2D eigenvalue weighted by Gasteiger charge is 2.15. The van der Waals surface area contributed by atoms with E-state index < -0.39 is 0 Å². The lowest BCUT2D eigenvalue weighted by Crippen LogP contribution is -2.43. The second kappa shape index (κ2) is 7.45. The smallest absolute Gasteiger partial charge is 0.317 e. The summed E-state index contributed by atoms with van der Waals surface area (Å²) in [7, 11) is 1.75. The van der Waals surface area contributed by atoms with Gasteiger partial charge in [0.05, 0.1) is 4.99 Å². The van der Waals surface area contributed by atoms with Crippen molar-refractivity contribution in [2.75, 3.05) is 13.6 Å². The zero-order chi connectivity index (χ0) is 11.8. The fraction of sp³-hybridized carbons (Fsp3) is 0.800. The van der Waals surface area contributed by atoms with Crippen molar-refractivity contribution in [1.82, 2.24) is 10.2 Å². The Balaban J connectivity index is 3.90. The lowest BCUT2D eigenvalue weighted by atomic mass is 10.2. The summed E-state index contributed by atoms with van der Waals surface area (Å²) in [4.78, 5) is 13.6. The average Bonchev–Trinajstić information content (AvgIpc) is 2.15. The van der Waals surface area contributed by atoms with Crippen molar-refractivity contribution in [2.24, 2.45) is 5.73 Å². The highest BCUT2D eigenvalue weighted by molar-refractivity contribution is 7.80. The molecule has 0 saturated carbocycles. The normalized spacial score (nSPS) is 11.9. The molecule has 2 amide bonds. The molecule has 0 bridgehead atoms. The molecule has 0 rings (SSSR count). The molecule has 0 radical (unpaired) electrons. The van der Waals surface area contributed by atoms with E-state index in [0.29, 0.717) is 11.4 Å². The molecule has 15 heavy (non-hydrogen) atoms. The number of nitrogens with zero attached hydrogens (tertiary/aromatic N) is 1. The SMILES string of the molecule is CCCCNC(=O)N(C)C(C)CC(N)=S. The second-order valence-electron chi connectivity index (χ2n) is 3.72. The fourth-order valence-corrected chi connectivity index (χ4v) is 1.37. The number of carbonyl (C=O) groups is 1. The largest absolute Gasteiger partial charge is 0.393 e. The Bertz CT molecular complexity index is 221. The van der Waals surface area contributed by atoms with Gasteiger partial charge in [-0.15, -0.1) is 0 Å². The zero-order valence-corrected chi connectivity index (χ0v) is 10.6. The first-order valence-corrected chi connectivity index (χ1v) is 5.68. The molecule has 0 heterocycles. The van der Waals surface area contributed by atoms with E-state index in [-0.39, 0.29) is 12.1 Å². The molecule has 0 aromatic heterocycles. The summed E-state index contributed by atoms with van der Waals surface area (Å²) in [5, 5.41) is 2.84. The van der Waals surface area contributed by atoms with E-state index in [1.54, 1.807) is 11.9 Å². The van der Waals surface area contributed by atoms with Gasteiger partial charge in [0.15, 0.2) is 0 Å². The van der Waals surface area contributed by atoms with Gasteiger partial charge in [0.2, 0.25) is 0 Å². The third kappa shape index (κ3) is 6.28. The summed E-state index contributed by atoms with van der Waals surface area (Å²) in [6, 6.07) is -0.0173. The molecule has 5 heteroatoms. The number of carbonyl (C=O) groups excluding carboxylic acids is 1. The molecule has 0 saturated heterocycles. The number of urea groups is 1. The van der Waals surface area contributed by atoms with Crippen LogP contribution in [0, 0.1) is 0 Å². The number of nitrogens with one attached hydrogen (secondary N) is 1. The van der Waals surface area contributed by atoms with Gasteiger partial charge in [-0.2, -0.15) is 0 Å². The second-order valence-corrected chi connectivity index (χ2v) is 4.24. The zero-order valence-electron chi connectivity index (χ0n) is 9.75. The van der Waals surface area contributed by atoms with E-state index in [2.05, 4.69) is 12.2 Å². The van der Waals surface area contributed by atoms with Crippen molar-refractivity contribution in [3.05, 3.63) is 0 Å². The summed E-state index contributed by atoms with van der Waals surface area (Å²) in [6.45, 7) is 4.74. The third-order valence-electron chi connectivity index (χ3n) is 2.28. The van der Waals surface area contributed by atoms with E-state index in [4.69, 9.17) is 18.0 Å². The summed E-state index contributed by atoms with van der Waals surface area (Å²) in [6.07, 6.45) is 2.64. The van der Waals surface area contributed by atoms with Gasteiger partial charge in [0.1, 0.15) is 0 Å². The molecule has 3 N–H and O–H groups in total. The van der Waals surface area contributed by atoms with E-state index in [0.717, 1.165) is 19.4 Å². The first-order chi connectivity index (χ1) is 6.99. The molecule has 4 nitrogen and oxygen atoms in total. The number of hydrogen-bond donors (Lipinski definition) is 2. The molecular formula is C10H21N3OS. The topological polar surface area (TPSA) is 58.4 Å². The van der Waals surface area contributed by atoms with E-state index in [1.807, 2.05) is 6.92 Å². The van der Waals surface area contributed by atoms with Crippen molar-refractivity contribution in [2.45, 2.75) is 39.2 Å². The van der Waals surface area contributed by atoms with Crippen LogP contribution in [0.1, 0.15) is 33.1 Å². The Hall–Kier alpha value is -0.840. The number of unbranched alkanes of at least 4 members (excludes halogenated alkanes) is 1. The number of hydrogen-bond acceptors (Lipinski definition) is 2. The molecule has 0 aromatic rings. The van der Waals surface area contributed by atoms with Gasteiger partial charge >= 0.3 is 6.03 Å². The lowest BCUT2D eigenvalue weighted by Gasteiger charge is -2.24. The molecule has 1 unspecified atom stereocenters. The van der Waals surface area contributed by atoms with Gasteiger partial charge in [-0.05, 0) is 13.3 Å². The molecule has 0 aromatic carbocycles. The minimum absolute atomic E-state index is 0.0455. The Morgan fingerprint density at radius 2 is 2.20 bits per heavy atom. The Morgan fingerprint density at radius 3 is 2.67 bits per heavy atom. The third-order valence-corrected chi connectivity index (χ3v) is 2.45. The van der Waals surface area contributed by atoms with Crippen LogP contribution in [0.25, 0.3) is 0 Å². The number of thiocarbonyl (C=S) groups is 1. The van der Waals surface area contributed by atoms with E-state index >= 15 is 0 Å². The first kappa shape index (κ1) is 14.2. The van der Waals surface area contributed by atoms with Crippen LogP contribution in [0.2, 0.25) is 0 Å². The number of amides is 2. The van der Waals surface area contributed by atoms with Gasteiger partial charge < -0.3 is 16.0 Å². The summed E-state index contributed by atoms with van der Waals surface area (Å²) in [5.74, 6) is 0. The van der Waals surface area contributed by atoms with E-state index in [1.165, 1.54) is 0 Å². The Labute approximate surface area is 97.2 Å². The Morgan fingerprint density at radius 1 is 1.60 bits per heavy atom. The summed E-state index contributed by atoms with van der Waals surface area (Å²) in [5.41, 5.74) is 5.43. The van der Waals surface area contributed by atoms with Crippen LogP contribution in [0.3, 0.4) is 0 Å². The van der Waals surface area contributed by atoms with Crippen molar-refractivity contribution < 1.29 is 4.79 Å². The molecule has 0 fully saturated rings. The van der Waals surface area contributed by atoms with Crippen LogP contribution < -0.4 is 11.1 Å². The van der Waals surface area contributed by atoms with Gasteiger partial charge in [-0.1, -0.05) is 25.6 Å². The van der Waals surface area contributed by atoms with Crippen molar-refractivity contribution in [3.8, 4) is 0 Å². The highest BCUT2D eigenvalue weighted by Crippen LogP contribution is 2.01. The minimum Gasteiger partial charge on any atom is -0.393 e. The molecular weight excluding hydrogens is 210 g/mol. The maximum absolute atomic E-state index is 11.6. The maximum Gasteiger partial charge on any atom is 0.317 e. The fourth-order valence-electron chi connectivity index (χ4n) is 1.13. The van der Waals surface area contributed by atoms with Gasteiger partial charge in [0, 0.05) is 26.1 Å². The average molecular weight is 231 g/mol. The minimum atomic E-state index is -0.0628. The summed E-state index contributed by atoms with van der Waals surface area (Å²) < 4.78 is 0. The molecule has 0 aliphatic heterocycles. The van der Waals surface area contributed by atoms with E-state index in [9.17, 15) is 4.79 Å². The summed E-state index contributed by atoms with van der Waals surface area (Å²) >= 11 is 4.80. The molecule has 0 spiro atoms. The van der Waals surface area contributed by atoms with Gasteiger partial charge in [0.25, 0.3) is 0 Å².